The first-order valence-electron chi connectivity index (χ1n) is 9.44. The van der Waals surface area contributed by atoms with Crippen LogP contribution in [0.5, 0.6) is 0 Å². The molecule has 3 rings (SSSR count). The van der Waals surface area contributed by atoms with Gasteiger partial charge in [-0.25, -0.2) is 0 Å². The van der Waals surface area contributed by atoms with E-state index in [4.69, 9.17) is 0 Å². The Labute approximate surface area is 179 Å². The van der Waals surface area contributed by atoms with Crippen LogP contribution in [0.4, 0.5) is 5.69 Å². The van der Waals surface area contributed by atoms with Crippen LogP contribution < -0.4 is 15.5 Å². The maximum atomic E-state index is 4.50. The second kappa shape index (κ2) is 10.5. The lowest BCUT2D eigenvalue weighted by molar-refractivity contribution is 0.552. The van der Waals surface area contributed by atoms with Crippen LogP contribution in [0.25, 0.3) is 0 Å². The van der Waals surface area contributed by atoms with Gasteiger partial charge < -0.3 is 15.5 Å². The predicted octanol–water partition coefficient (Wildman–Crippen LogP) is 2.95. The number of rotatable bonds is 6. The molecule has 0 saturated carbocycles. The van der Waals surface area contributed by atoms with E-state index in [9.17, 15) is 0 Å². The van der Waals surface area contributed by atoms with Crippen molar-refractivity contribution in [3.63, 3.8) is 0 Å². The highest BCUT2D eigenvalue weighted by Gasteiger charge is 2.23. The van der Waals surface area contributed by atoms with Gasteiger partial charge in [-0.3, -0.25) is 9.67 Å². The molecule has 1 fully saturated rings. The summed E-state index contributed by atoms with van der Waals surface area (Å²) in [4.78, 5) is 6.79. The molecule has 2 N–H and O–H groups in total. The second-order valence-corrected chi connectivity index (χ2v) is 6.91. The number of aliphatic imine (C=N–C) groups is 1. The van der Waals surface area contributed by atoms with E-state index in [1.165, 1.54) is 11.4 Å². The molecule has 6 nitrogen and oxygen atoms in total. The first-order valence-corrected chi connectivity index (χ1v) is 9.44. The lowest BCUT2D eigenvalue weighted by atomic mass is 10.2. The lowest BCUT2D eigenvalue weighted by Gasteiger charge is -2.20. The highest BCUT2D eigenvalue weighted by Crippen LogP contribution is 2.19. The Morgan fingerprint density at radius 1 is 1.26 bits per heavy atom. The number of nitrogens with zero attached hydrogens (tertiary/aromatic N) is 4. The number of hydrogen-bond donors (Lipinski definition) is 2. The molecule has 2 heterocycles. The first-order chi connectivity index (χ1) is 12.7. The van der Waals surface area contributed by atoms with Crippen molar-refractivity contribution in [1.82, 2.24) is 20.4 Å². The fraction of sp³-hybridized carbons (Fsp3) is 0.500. The van der Waals surface area contributed by atoms with Crippen molar-refractivity contribution >= 4 is 35.6 Å². The maximum Gasteiger partial charge on any atom is 0.191 e. The molecular formula is C20H31IN6. The van der Waals surface area contributed by atoms with Gasteiger partial charge in [-0.05, 0) is 44.9 Å². The summed E-state index contributed by atoms with van der Waals surface area (Å²) in [6.07, 6.45) is 2.14. The van der Waals surface area contributed by atoms with Gasteiger partial charge in [-0.1, -0.05) is 18.2 Å². The van der Waals surface area contributed by atoms with Gasteiger partial charge in [0.25, 0.3) is 0 Å². The number of nitrogens with one attached hydrogen (secondary N) is 2. The summed E-state index contributed by atoms with van der Waals surface area (Å²) in [6.45, 7) is 8.04. The Bertz CT molecular complexity index is 727. The number of aryl methyl sites for hydroxylation is 3. The third-order valence-electron chi connectivity index (χ3n) is 4.82. The molecule has 1 unspecified atom stereocenters. The van der Waals surface area contributed by atoms with E-state index in [1.807, 2.05) is 14.0 Å². The molecule has 7 heteroatoms. The average molecular weight is 482 g/mol. The summed E-state index contributed by atoms with van der Waals surface area (Å²) in [5.41, 5.74) is 3.60. The third kappa shape index (κ3) is 6.12. The summed E-state index contributed by atoms with van der Waals surface area (Å²) in [5.74, 6) is 0.887. The van der Waals surface area contributed by atoms with Gasteiger partial charge in [-0.2, -0.15) is 5.10 Å². The Morgan fingerprint density at radius 3 is 2.70 bits per heavy atom. The van der Waals surface area contributed by atoms with Crippen molar-refractivity contribution in [3.05, 3.63) is 47.8 Å². The second-order valence-electron chi connectivity index (χ2n) is 6.91. The molecule has 1 saturated heterocycles. The topological polar surface area (TPSA) is 57.5 Å². The van der Waals surface area contributed by atoms with E-state index in [0.717, 1.165) is 50.7 Å². The zero-order valence-corrected chi connectivity index (χ0v) is 18.8. The van der Waals surface area contributed by atoms with Gasteiger partial charge in [-0.15, -0.1) is 24.0 Å². The molecule has 1 atom stereocenters. The molecule has 1 aliphatic rings. The number of aromatic nitrogens is 2. The minimum absolute atomic E-state index is 0. The van der Waals surface area contributed by atoms with Crippen LogP contribution in [0.2, 0.25) is 0 Å². The molecule has 0 aliphatic carbocycles. The monoisotopic (exact) mass is 482 g/mol. The van der Waals surface area contributed by atoms with Crippen molar-refractivity contribution in [1.29, 1.82) is 0 Å². The summed E-state index contributed by atoms with van der Waals surface area (Å²) in [5, 5.41) is 11.5. The van der Waals surface area contributed by atoms with E-state index in [1.54, 1.807) is 0 Å². The Kier molecular flexibility index (Phi) is 8.40. The molecule has 0 amide bonds. The number of anilines is 1. The zero-order chi connectivity index (χ0) is 18.4. The van der Waals surface area contributed by atoms with Gasteiger partial charge in [0, 0.05) is 50.6 Å². The van der Waals surface area contributed by atoms with Gasteiger partial charge in [0.15, 0.2) is 5.96 Å². The van der Waals surface area contributed by atoms with Gasteiger partial charge >= 0.3 is 0 Å². The number of halogens is 1. The van der Waals surface area contributed by atoms with Crippen LogP contribution in [0.15, 0.2) is 41.4 Å². The van der Waals surface area contributed by atoms with E-state index in [0.29, 0.717) is 6.04 Å². The van der Waals surface area contributed by atoms with Crippen molar-refractivity contribution in [2.45, 2.75) is 39.3 Å². The van der Waals surface area contributed by atoms with E-state index < -0.39 is 0 Å². The van der Waals surface area contributed by atoms with Crippen LogP contribution in [0, 0.1) is 13.8 Å². The molecule has 148 valence electrons. The van der Waals surface area contributed by atoms with Gasteiger partial charge in [0.05, 0.1) is 5.69 Å². The fourth-order valence-corrected chi connectivity index (χ4v) is 3.48. The minimum Gasteiger partial charge on any atom is -0.369 e. The Morgan fingerprint density at radius 2 is 2.04 bits per heavy atom. The van der Waals surface area contributed by atoms with Gasteiger partial charge in [0.2, 0.25) is 0 Å². The lowest BCUT2D eigenvalue weighted by Crippen LogP contribution is -2.45. The number of benzene rings is 1. The molecule has 1 aromatic heterocycles. The van der Waals surface area contributed by atoms with Crippen LogP contribution in [0.3, 0.4) is 0 Å². The zero-order valence-electron chi connectivity index (χ0n) is 16.5. The minimum atomic E-state index is 0. The predicted molar refractivity (Wildman–Crippen MR) is 123 cm³/mol. The fourth-order valence-electron chi connectivity index (χ4n) is 3.48. The van der Waals surface area contributed by atoms with E-state index >= 15 is 0 Å². The molecular weight excluding hydrogens is 451 g/mol. The summed E-state index contributed by atoms with van der Waals surface area (Å²) < 4.78 is 2.07. The Balaban J connectivity index is 0.00000261. The highest BCUT2D eigenvalue weighted by atomic mass is 127. The van der Waals surface area contributed by atoms with Crippen LogP contribution in [0.1, 0.15) is 24.2 Å². The molecule has 1 aliphatic heterocycles. The summed E-state index contributed by atoms with van der Waals surface area (Å²) >= 11 is 0. The van der Waals surface area contributed by atoms with Crippen LogP contribution in [-0.4, -0.2) is 48.5 Å². The smallest absolute Gasteiger partial charge is 0.191 e. The Hall–Kier alpha value is -1.77. The van der Waals surface area contributed by atoms with Crippen LogP contribution >= 0.6 is 24.0 Å². The number of hydrogen-bond acceptors (Lipinski definition) is 3. The number of guanidine groups is 1. The standard InChI is InChI=1S/C20H30N6.HI/c1-16-14-17(2)26(24-16)12-7-11-22-20(21-3)23-18-10-13-25(15-18)19-8-5-4-6-9-19;/h4-6,8-9,14,18H,7,10-13,15H2,1-3H3,(H2,21,22,23);1H. The number of para-hydroxylation sites is 1. The van der Waals surface area contributed by atoms with Crippen molar-refractivity contribution < 1.29 is 0 Å². The van der Waals surface area contributed by atoms with Crippen molar-refractivity contribution in [2.75, 3.05) is 31.6 Å². The molecule has 0 radical (unpaired) electrons. The third-order valence-corrected chi connectivity index (χ3v) is 4.82. The van der Waals surface area contributed by atoms with Crippen LogP contribution in [-0.2, 0) is 6.54 Å². The largest absolute Gasteiger partial charge is 0.369 e. The molecule has 0 bridgehead atoms. The molecule has 1 aromatic carbocycles. The van der Waals surface area contributed by atoms with Crippen molar-refractivity contribution in [3.8, 4) is 0 Å². The SMILES string of the molecule is CN=C(NCCCn1nc(C)cc1C)NC1CCN(c2ccccc2)C1.I. The quantitative estimate of drug-likeness (QED) is 0.288. The average Bonchev–Trinajstić information content (AvgIpc) is 3.24. The van der Waals surface area contributed by atoms with Crippen molar-refractivity contribution in [2.24, 2.45) is 4.99 Å². The summed E-state index contributed by atoms with van der Waals surface area (Å²) in [6, 6.07) is 13.2. The highest BCUT2D eigenvalue weighted by molar-refractivity contribution is 14.0. The molecule has 27 heavy (non-hydrogen) atoms. The maximum absolute atomic E-state index is 4.50. The normalized spacial score (nSPS) is 16.9. The molecule has 0 spiro atoms. The van der Waals surface area contributed by atoms with Gasteiger partial charge in [0.1, 0.15) is 0 Å². The first kappa shape index (κ1) is 21.5. The van der Waals surface area contributed by atoms with E-state index in [2.05, 4.69) is 73.6 Å². The van der Waals surface area contributed by atoms with E-state index in [-0.39, 0.29) is 24.0 Å². The summed E-state index contributed by atoms with van der Waals surface area (Å²) in [7, 11) is 1.83. The molecule has 2 aromatic rings.